The molecule has 5 heteroatoms. The number of hydrogen-bond acceptors (Lipinski definition) is 3. The van der Waals surface area contributed by atoms with Crippen molar-refractivity contribution >= 4 is 11.3 Å². The van der Waals surface area contributed by atoms with Gasteiger partial charge in [0.05, 0.1) is 6.04 Å². The molecule has 1 heterocycles. The minimum atomic E-state index is -0.670. The topological polar surface area (TPSA) is 38.0 Å². The van der Waals surface area contributed by atoms with Gasteiger partial charge in [-0.3, -0.25) is 5.84 Å². The summed E-state index contributed by atoms with van der Waals surface area (Å²) >= 11 is 1.52. The first-order chi connectivity index (χ1) is 8.56. The van der Waals surface area contributed by atoms with E-state index in [0.29, 0.717) is 5.56 Å². The number of rotatable bonds is 3. The number of thiophene rings is 1. The number of hydrazine groups is 1. The van der Waals surface area contributed by atoms with Crippen LogP contribution in [0.25, 0.3) is 0 Å². The molecule has 1 aromatic carbocycles. The first-order valence-electron chi connectivity index (χ1n) is 5.51. The van der Waals surface area contributed by atoms with Crippen LogP contribution >= 0.6 is 11.3 Å². The summed E-state index contributed by atoms with van der Waals surface area (Å²) < 4.78 is 28.0. The monoisotopic (exact) mass is 268 g/mol. The maximum Gasteiger partial charge on any atom is 0.134 e. The van der Waals surface area contributed by atoms with Crippen molar-refractivity contribution in [1.82, 2.24) is 5.43 Å². The van der Waals surface area contributed by atoms with E-state index in [9.17, 15) is 8.78 Å². The fourth-order valence-electron chi connectivity index (χ4n) is 1.97. The lowest BCUT2D eigenvalue weighted by atomic mass is 9.97. The van der Waals surface area contributed by atoms with Gasteiger partial charge in [0.15, 0.2) is 0 Å². The molecule has 0 bridgehead atoms. The molecule has 2 aromatic rings. The van der Waals surface area contributed by atoms with Crippen molar-refractivity contribution in [2.45, 2.75) is 19.9 Å². The third kappa shape index (κ3) is 2.16. The average Bonchev–Trinajstić information content (AvgIpc) is 2.76. The molecule has 96 valence electrons. The van der Waals surface area contributed by atoms with Crippen molar-refractivity contribution < 1.29 is 8.78 Å². The predicted octanol–water partition coefficient (Wildman–Crippen LogP) is 3.20. The third-order valence-electron chi connectivity index (χ3n) is 2.98. The van der Waals surface area contributed by atoms with E-state index in [1.807, 2.05) is 18.4 Å². The Morgan fingerprint density at radius 1 is 1.22 bits per heavy atom. The molecule has 0 aliphatic carbocycles. The summed E-state index contributed by atoms with van der Waals surface area (Å²) in [5.74, 6) is 4.33. The number of nitrogens with one attached hydrogen (secondary N) is 1. The summed E-state index contributed by atoms with van der Waals surface area (Å²) in [7, 11) is 0. The second-order valence-corrected chi connectivity index (χ2v) is 5.24. The molecule has 0 aliphatic heterocycles. The van der Waals surface area contributed by atoms with Crippen LogP contribution in [0.5, 0.6) is 0 Å². The highest BCUT2D eigenvalue weighted by Crippen LogP contribution is 2.31. The third-order valence-corrected chi connectivity index (χ3v) is 3.85. The molecule has 0 amide bonds. The Hall–Kier alpha value is -1.30. The Kier molecular flexibility index (Phi) is 3.75. The highest BCUT2D eigenvalue weighted by Gasteiger charge is 2.23. The van der Waals surface area contributed by atoms with E-state index in [-0.39, 0.29) is 5.56 Å². The van der Waals surface area contributed by atoms with Crippen LogP contribution < -0.4 is 11.3 Å². The lowest BCUT2D eigenvalue weighted by molar-refractivity contribution is 0.506. The molecule has 2 rings (SSSR count). The first-order valence-corrected chi connectivity index (χ1v) is 6.38. The van der Waals surface area contributed by atoms with E-state index in [0.717, 1.165) is 10.4 Å². The molecule has 0 spiro atoms. The quantitative estimate of drug-likeness (QED) is 0.662. The molecule has 3 N–H and O–H groups in total. The molecular formula is C13H14F2N2S. The normalized spacial score (nSPS) is 12.7. The zero-order chi connectivity index (χ0) is 13.3. The highest BCUT2D eigenvalue weighted by molar-refractivity contribution is 7.10. The first kappa shape index (κ1) is 13.1. The molecule has 1 unspecified atom stereocenters. The number of nitrogens with two attached hydrogens (primary N) is 1. The summed E-state index contributed by atoms with van der Waals surface area (Å²) in [6, 6.07) is 3.84. The van der Waals surface area contributed by atoms with E-state index < -0.39 is 17.7 Å². The van der Waals surface area contributed by atoms with Gasteiger partial charge < -0.3 is 0 Å². The Balaban J connectivity index is 2.59. The van der Waals surface area contributed by atoms with Gasteiger partial charge in [0.25, 0.3) is 0 Å². The van der Waals surface area contributed by atoms with E-state index in [2.05, 4.69) is 5.43 Å². The maximum atomic E-state index is 14.1. The summed E-state index contributed by atoms with van der Waals surface area (Å²) in [5.41, 5.74) is 3.67. The van der Waals surface area contributed by atoms with Gasteiger partial charge in [-0.25, -0.2) is 14.2 Å². The van der Waals surface area contributed by atoms with Gasteiger partial charge in [0.2, 0.25) is 0 Å². The fourth-order valence-corrected chi connectivity index (χ4v) is 2.71. The molecule has 0 saturated carbocycles. The molecule has 0 aliphatic rings. The Morgan fingerprint density at radius 3 is 2.50 bits per heavy atom. The average molecular weight is 268 g/mol. The minimum Gasteiger partial charge on any atom is -0.271 e. The predicted molar refractivity (Wildman–Crippen MR) is 69.3 cm³/mol. The van der Waals surface area contributed by atoms with Crippen molar-refractivity contribution in [3.8, 4) is 0 Å². The van der Waals surface area contributed by atoms with Gasteiger partial charge in [-0.2, -0.15) is 0 Å². The molecule has 18 heavy (non-hydrogen) atoms. The lowest BCUT2D eigenvalue weighted by Gasteiger charge is -2.19. The Labute approximate surface area is 108 Å². The van der Waals surface area contributed by atoms with Gasteiger partial charge >= 0.3 is 0 Å². The van der Waals surface area contributed by atoms with Crippen molar-refractivity contribution in [3.05, 3.63) is 56.8 Å². The number of benzene rings is 1. The summed E-state index contributed by atoms with van der Waals surface area (Å²) in [5, 5.41) is 1.88. The SMILES string of the molecule is Cc1ccc(F)c(C(NN)c2ccsc2C)c1F. The number of halogens is 2. The Morgan fingerprint density at radius 2 is 1.94 bits per heavy atom. The zero-order valence-corrected chi connectivity index (χ0v) is 10.9. The number of hydrogen-bond donors (Lipinski definition) is 2. The molecule has 0 fully saturated rings. The lowest BCUT2D eigenvalue weighted by Crippen LogP contribution is -2.30. The molecule has 1 atom stereocenters. The summed E-state index contributed by atoms with van der Waals surface area (Å²) in [6.45, 7) is 3.50. The van der Waals surface area contributed by atoms with Crippen molar-refractivity contribution in [2.24, 2.45) is 5.84 Å². The van der Waals surface area contributed by atoms with Gasteiger partial charge in [0.1, 0.15) is 11.6 Å². The van der Waals surface area contributed by atoms with Crippen LogP contribution in [-0.4, -0.2) is 0 Å². The van der Waals surface area contributed by atoms with Gasteiger partial charge in [-0.15, -0.1) is 11.3 Å². The smallest absolute Gasteiger partial charge is 0.134 e. The molecule has 0 radical (unpaired) electrons. The van der Waals surface area contributed by atoms with E-state index in [4.69, 9.17) is 5.84 Å². The summed E-state index contributed by atoms with van der Waals surface area (Å²) in [4.78, 5) is 0.984. The largest absolute Gasteiger partial charge is 0.271 e. The van der Waals surface area contributed by atoms with Crippen molar-refractivity contribution in [1.29, 1.82) is 0 Å². The maximum absolute atomic E-state index is 14.1. The minimum absolute atomic E-state index is 0.0287. The molecular weight excluding hydrogens is 254 g/mol. The van der Waals surface area contributed by atoms with E-state index in [1.165, 1.54) is 23.5 Å². The van der Waals surface area contributed by atoms with Crippen LogP contribution in [0, 0.1) is 25.5 Å². The van der Waals surface area contributed by atoms with Crippen LogP contribution in [0.1, 0.15) is 27.6 Å². The number of aryl methyl sites for hydroxylation is 2. The Bertz CT molecular complexity index is 566. The van der Waals surface area contributed by atoms with Gasteiger partial charge in [-0.05, 0) is 42.5 Å². The highest BCUT2D eigenvalue weighted by atomic mass is 32.1. The van der Waals surface area contributed by atoms with Crippen molar-refractivity contribution in [2.75, 3.05) is 0 Å². The molecule has 2 nitrogen and oxygen atoms in total. The van der Waals surface area contributed by atoms with Crippen LogP contribution in [0.3, 0.4) is 0 Å². The fraction of sp³-hybridized carbons (Fsp3) is 0.231. The molecule has 0 saturated heterocycles. The second kappa shape index (κ2) is 5.14. The van der Waals surface area contributed by atoms with Crippen LogP contribution in [0.15, 0.2) is 23.6 Å². The summed E-state index contributed by atoms with van der Waals surface area (Å²) in [6.07, 6.45) is 0. The van der Waals surface area contributed by atoms with Gasteiger partial charge in [0, 0.05) is 10.4 Å². The van der Waals surface area contributed by atoms with Crippen LogP contribution in [-0.2, 0) is 0 Å². The van der Waals surface area contributed by atoms with Crippen LogP contribution in [0.4, 0.5) is 8.78 Å². The standard InChI is InChI=1S/C13H14F2N2S/c1-7-3-4-10(14)11(12(7)15)13(17-16)9-5-6-18-8(9)2/h3-6,13,17H,16H2,1-2H3. The van der Waals surface area contributed by atoms with Crippen molar-refractivity contribution in [3.63, 3.8) is 0 Å². The molecule has 1 aromatic heterocycles. The zero-order valence-electron chi connectivity index (χ0n) is 10.1. The van der Waals surface area contributed by atoms with Gasteiger partial charge in [-0.1, -0.05) is 6.07 Å². The second-order valence-electron chi connectivity index (χ2n) is 4.12. The van der Waals surface area contributed by atoms with Crippen LogP contribution in [0.2, 0.25) is 0 Å². The van der Waals surface area contributed by atoms with E-state index >= 15 is 0 Å². The van der Waals surface area contributed by atoms with E-state index in [1.54, 1.807) is 6.92 Å².